The molecule has 3 heterocycles. The Kier molecular flexibility index (Phi) is 4.41. The van der Waals surface area contributed by atoms with Gasteiger partial charge >= 0.3 is 0 Å². The quantitative estimate of drug-likeness (QED) is 0.855. The molecule has 1 N–H and O–H groups in total. The molecule has 1 saturated heterocycles. The van der Waals surface area contributed by atoms with Crippen molar-refractivity contribution in [1.29, 1.82) is 0 Å². The lowest BCUT2D eigenvalue weighted by Crippen LogP contribution is -2.37. The monoisotopic (exact) mass is 349 g/mol. The molecule has 2 aromatic rings. The van der Waals surface area contributed by atoms with Gasteiger partial charge in [0, 0.05) is 18.7 Å². The molecule has 0 saturated carbocycles. The van der Waals surface area contributed by atoms with Gasteiger partial charge in [0.25, 0.3) is 0 Å². The zero-order valence-electron chi connectivity index (χ0n) is 12.8. The molecule has 1 aliphatic carbocycles. The lowest BCUT2D eigenvalue weighted by atomic mass is 9.99. The Bertz CT molecular complexity index is 684. The van der Waals surface area contributed by atoms with E-state index < -0.39 is 0 Å². The molecular weight excluding hydrogens is 330 g/mol. The molecule has 5 nitrogen and oxygen atoms in total. The summed E-state index contributed by atoms with van der Waals surface area (Å²) in [6, 6.07) is 4.18. The summed E-state index contributed by atoms with van der Waals surface area (Å²) >= 11 is 3.50. The van der Waals surface area contributed by atoms with E-state index in [1.807, 2.05) is 0 Å². The first-order valence-electron chi connectivity index (χ1n) is 8.04. The summed E-state index contributed by atoms with van der Waals surface area (Å²) in [5.41, 5.74) is 2.11. The van der Waals surface area contributed by atoms with Gasteiger partial charge < -0.3 is 4.52 Å². The summed E-state index contributed by atoms with van der Waals surface area (Å²) in [6.45, 7) is 1.81. The Labute approximate surface area is 143 Å². The van der Waals surface area contributed by atoms with Crippen LogP contribution in [0.5, 0.6) is 0 Å². The number of amides is 1. The third-order valence-electron chi connectivity index (χ3n) is 4.42. The van der Waals surface area contributed by atoms with Gasteiger partial charge in [0.1, 0.15) is 0 Å². The van der Waals surface area contributed by atoms with Crippen LogP contribution in [0.4, 0.5) is 5.88 Å². The van der Waals surface area contributed by atoms with E-state index in [1.54, 1.807) is 23.3 Å². The number of anilines is 1. The minimum Gasteiger partial charge on any atom is -0.338 e. The van der Waals surface area contributed by atoms with Crippen LogP contribution >= 0.6 is 23.3 Å². The molecule has 0 spiro atoms. The number of aryl methyl sites for hydroxylation is 1. The number of thiophene rings is 1. The molecule has 122 valence electrons. The molecule has 1 aliphatic heterocycles. The van der Waals surface area contributed by atoms with Crippen molar-refractivity contribution in [3.05, 3.63) is 28.8 Å². The van der Waals surface area contributed by atoms with E-state index >= 15 is 0 Å². The molecule has 1 amide bonds. The second-order valence-electron chi connectivity index (χ2n) is 6.03. The van der Waals surface area contributed by atoms with Crippen molar-refractivity contribution in [2.75, 3.05) is 18.4 Å². The molecule has 1 atom stereocenters. The summed E-state index contributed by atoms with van der Waals surface area (Å²) in [5.74, 6) is 0.649. The topological polar surface area (TPSA) is 58.4 Å². The normalized spacial score (nSPS) is 21.3. The van der Waals surface area contributed by atoms with Crippen LogP contribution in [0.25, 0.3) is 0 Å². The number of nitrogens with one attached hydrogen (secondary N) is 1. The number of fused-ring (bicyclic) bond motifs is 1. The third-order valence-corrected chi connectivity index (χ3v) is 6.50. The van der Waals surface area contributed by atoms with E-state index in [4.69, 9.17) is 4.52 Å². The molecule has 0 bridgehead atoms. The highest BCUT2D eigenvalue weighted by Gasteiger charge is 2.29. The van der Waals surface area contributed by atoms with Gasteiger partial charge in [-0.1, -0.05) is 11.2 Å². The van der Waals surface area contributed by atoms with Gasteiger partial charge in [0.2, 0.25) is 11.8 Å². The van der Waals surface area contributed by atoms with Crippen molar-refractivity contribution in [2.24, 2.45) is 5.92 Å². The van der Waals surface area contributed by atoms with Gasteiger partial charge in [-0.3, -0.25) is 10.1 Å². The Hall–Kier alpha value is -1.31. The second kappa shape index (κ2) is 6.67. The molecule has 1 unspecified atom stereocenters. The Morgan fingerprint density at radius 1 is 1.43 bits per heavy atom. The number of hydrogen-bond acceptors (Lipinski definition) is 6. The van der Waals surface area contributed by atoms with Crippen molar-refractivity contribution >= 4 is 35.1 Å². The minimum atomic E-state index is 0.0124. The number of nitrogens with zero attached hydrogens (tertiary/aromatic N) is 2. The summed E-state index contributed by atoms with van der Waals surface area (Å²) in [6.07, 6.45) is 5.00. The van der Waals surface area contributed by atoms with Gasteiger partial charge in [0.05, 0.1) is 15.8 Å². The zero-order valence-corrected chi connectivity index (χ0v) is 14.4. The van der Waals surface area contributed by atoms with Crippen molar-refractivity contribution in [2.45, 2.75) is 36.3 Å². The van der Waals surface area contributed by atoms with Gasteiger partial charge in [-0.25, -0.2) is 4.31 Å². The highest BCUT2D eigenvalue weighted by molar-refractivity contribution is 7.98. The van der Waals surface area contributed by atoms with Crippen LogP contribution in [0.2, 0.25) is 0 Å². The van der Waals surface area contributed by atoms with Crippen LogP contribution in [0.1, 0.15) is 30.5 Å². The molecule has 23 heavy (non-hydrogen) atoms. The SMILES string of the molecule is O=C(Nc1onc2c1CCC2)C1CCCN(Sc2cccs2)C1. The molecule has 4 rings (SSSR count). The van der Waals surface area contributed by atoms with Crippen molar-refractivity contribution in [3.63, 3.8) is 0 Å². The number of aromatic nitrogens is 1. The number of carbonyl (C=O) groups excluding carboxylic acids is 1. The average molecular weight is 349 g/mol. The Morgan fingerprint density at radius 3 is 3.26 bits per heavy atom. The first-order chi connectivity index (χ1) is 11.3. The number of piperidine rings is 1. The highest BCUT2D eigenvalue weighted by atomic mass is 32.2. The number of rotatable bonds is 4. The fourth-order valence-corrected chi connectivity index (χ4v) is 5.20. The lowest BCUT2D eigenvalue weighted by Gasteiger charge is -2.30. The average Bonchev–Trinajstić information content (AvgIpc) is 3.27. The predicted octanol–water partition coefficient (Wildman–Crippen LogP) is 3.58. The maximum atomic E-state index is 12.6. The summed E-state index contributed by atoms with van der Waals surface area (Å²) in [4.78, 5) is 12.6. The van der Waals surface area contributed by atoms with Crippen LogP contribution in [-0.4, -0.2) is 28.5 Å². The number of hydrogen-bond donors (Lipinski definition) is 1. The molecule has 0 aromatic carbocycles. The van der Waals surface area contributed by atoms with Crippen LogP contribution in [-0.2, 0) is 17.6 Å². The van der Waals surface area contributed by atoms with E-state index in [0.717, 1.165) is 56.5 Å². The predicted molar refractivity (Wildman–Crippen MR) is 91.6 cm³/mol. The van der Waals surface area contributed by atoms with Crippen LogP contribution in [0.3, 0.4) is 0 Å². The summed E-state index contributed by atoms with van der Waals surface area (Å²) in [5, 5.41) is 9.11. The zero-order chi connectivity index (χ0) is 15.6. The lowest BCUT2D eigenvalue weighted by molar-refractivity contribution is -0.121. The van der Waals surface area contributed by atoms with Gasteiger partial charge in [0.15, 0.2) is 0 Å². The first kappa shape index (κ1) is 15.2. The maximum absolute atomic E-state index is 12.6. The number of carbonyl (C=O) groups is 1. The molecule has 2 aromatic heterocycles. The second-order valence-corrected chi connectivity index (χ2v) is 8.38. The van der Waals surface area contributed by atoms with E-state index in [-0.39, 0.29) is 11.8 Å². The molecule has 1 fully saturated rings. The van der Waals surface area contributed by atoms with E-state index in [0.29, 0.717) is 5.88 Å². The first-order valence-corrected chi connectivity index (χ1v) is 9.69. The van der Waals surface area contributed by atoms with E-state index in [2.05, 4.69) is 32.3 Å². The van der Waals surface area contributed by atoms with E-state index in [9.17, 15) is 4.79 Å². The van der Waals surface area contributed by atoms with Gasteiger partial charge in [-0.2, -0.15) is 0 Å². The fraction of sp³-hybridized carbons (Fsp3) is 0.500. The standard InChI is InChI=1S/C16H19N3O2S2/c20-15(17-16-12-5-1-6-13(12)18-21-16)11-4-2-8-19(10-11)23-14-7-3-9-22-14/h3,7,9,11H,1-2,4-6,8,10H2,(H,17,20). The van der Waals surface area contributed by atoms with Crippen molar-refractivity contribution in [1.82, 2.24) is 9.46 Å². The van der Waals surface area contributed by atoms with Gasteiger partial charge in [-0.05, 0) is 55.5 Å². The third kappa shape index (κ3) is 3.32. The molecular formula is C16H19N3O2S2. The Morgan fingerprint density at radius 2 is 2.39 bits per heavy atom. The van der Waals surface area contributed by atoms with Crippen LogP contribution < -0.4 is 5.32 Å². The van der Waals surface area contributed by atoms with E-state index in [1.165, 1.54) is 4.21 Å². The smallest absolute Gasteiger partial charge is 0.234 e. The summed E-state index contributed by atoms with van der Waals surface area (Å²) in [7, 11) is 0. The van der Waals surface area contributed by atoms with Gasteiger partial charge in [-0.15, -0.1) is 11.3 Å². The van der Waals surface area contributed by atoms with Crippen LogP contribution in [0.15, 0.2) is 26.2 Å². The molecule has 2 aliphatic rings. The summed E-state index contributed by atoms with van der Waals surface area (Å²) < 4.78 is 8.89. The Balaban J connectivity index is 1.37. The minimum absolute atomic E-state index is 0.0124. The largest absolute Gasteiger partial charge is 0.338 e. The molecule has 7 heteroatoms. The van der Waals surface area contributed by atoms with Crippen molar-refractivity contribution in [3.8, 4) is 0 Å². The molecule has 0 radical (unpaired) electrons. The van der Waals surface area contributed by atoms with Crippen LogP contribution in [0, 0.1) is 5.92 Å². The highest BCUT2D eigenvalue weighted by Crippen LogP contribution is 2.32. The van der Waals surface area contributed by atoms with Crippen molar-refractivity contribution < 1.29 is 9.32 Å². The maximum Gasteiger partial charge on any atom is 0.234 e. The fourth-order valence-electron chi connectivity index (χ4n) is 3.22.